The predicted molar refractivity (Wildman–Crippen MR) is 105 cm³/mol. The lowest BCUT2D eigenvalue weighted by Gasteiger charge is -2.37. The summed E-state index contributed by atoms with van der Waals surface area (Å²) in [6.07, 6.45) is 10.2. The molecule has 0 aliphatic carbocycles. The van der Waals surface area contributed by atoms with Crippen LogP contribution in [-0.4, -0.2) is 32.0 Å². The Morgan fingerprint density at radius 3 is 2.18 bits per heavy atom. The number of hydrogen-bond acceptors (Lipinski definition) is 5. The molecule has 6 heteroatoms. The molecule has 0 saturated carbocycles. The summed E-state index contributed by atoms with van der Waals surface area (Å²) in [5.41, 5.74) is 0.678. The molecule has 3 aromatic heterocycles. The Hall–Kier alpha value is -3.51. The molecule has 6 nitrogen and oxygen atoms in total. The molecule has 0 bridgehead atoms. The SMILES string of the molecule is COc1cccc(C(n2cccn2)C(O)(c2cccnc2)c2cccnc2)c1. The van der Waals surface area contributed by atoms with Crippen molar-refractivity contribution in [2.45, 2.75) is 11.6 Å². The van der Waals surface area contributed by atoms with E-state index in [0.717, 1.165) is 5.56 Å². The largest absolute Gasteiger partial charge is 0.497 e. The first kappa shape index (κ1) is 17.9. The molecule has 4 aromatic rings. The van der Waals surface area contributed by atoms with E-state index in [1.54, 1.807) is 42.8 Å². The first-order valence-corrected chi connectivity index (χ1v) is 8.90. The maximum atomic E-state index is 12.2. The van der Waals surface area contributed by atoms with Crippen LogP contribution in [0, 0.1) is 0 Å². The fourth-order valence-corrected chi connectivity index (χ4v) is 3.49. The lowest BCUT2D eigenvalue weighted by molar-refractivity contribution is 0.0329. The summed E-state index contributed by atoms with van der Waals surface area (Å²) in [5, 5.41) is 16.7. The van der Waals surface area contributed by atoms with E-state index in [4.69, 9.17) is 4.74 Å². The Morgan fingerprint density at radius 1 is 0.929 bits per heavy atom. The van der Waals surface area contributed by atoms with Crippen molar-refractivity contribution < 1.29 is 9.84 Å². The van der Waals surface area contributed by atoms with Gasteiger partial charge >= 0.3 is 0 Å². The molecule has 1 atom stereocenters. The van der Waals surface area contributed by atoms with Gasteiger partial charge in [0, 0.05) is 48.3 Å². The second kappa shape index (κ2) is 7.62. The minimum atomic E-state index is -1.46. The molecule has 0 saturated heterocycles. The quantitative estimate of drug-likeness (QED) is 0.563. The molecule has 0 aliphatic heterocycles. The van der Waals surface area contributed by atoms with E-state index in [1.807, 2.05) is 60.8 Å². The molecule has 0 spiro atoms. The minimum absolute atomic E-state index is 0.564. The molecular weight excluding hydrogens is 352 g/mol. The van der Waals surface area contributed by atoms with Gasteiger partial charge in [0.15, 0.2) is 0 Å². The minimum Gasteiger partial charge on any atom is -0.497 e. The van der Waals surface area contributed by atoms with Crippen LogP contribution in [0.4, 0.5) is 0 Å². The molecule has 0 amide bonds. The highest BCUT2D eigenvalue weighted by molar-refractivity contribution is 5.41. The molecular formula is C22H20N4O2. The van der Waals surface area contributed by atoms with Gasteiger partial charge in [-0.3, -0.25) is 14.6 Å². The monoisotopic (exact) mass is 372 g/mol. The Labute approximate surface area is 163 Å². The van der Waals surface area contributed by atoms with Crippen molar-refractivity contribution in [2.75, 3.05) is 7.11 Å². The van der Waals surface area contributed by atoms with E-state index in [2.05, 4.69) is 15.1 Å². The van der Waals surface area contributed by atoms with Gasteiger partial charge in [-0.15, -0.1) is 0 Å². The highest BCUT2D eigenvalue weighted by Crippen LogP contribution is 2.43. The summed E-state index contributed by atoms with van der Waals surface area (Å²) < 4.78 is 7.16. The van der Waals surface area contributed by atoms with Crippen molar-refractivity contribution in [1.29, 1.82) is 0 Å². The van der Waals surface area contributed by atoms with Gasteiger partial charge in [-0.25, -0.2) is 0 Å². The zero-order valence-electron chi connectivity index (χ0n) is 15.4. The van der Waals surface area contributed by atoms with Crippen molar-refractivity contribution in [3.8, 4) is 5.75 Å². The lowest BCUT2D eigenvalue weighted by atomic mass is 9.78. The van der Waals surface area contributed by atoms with Gasteiger partial charge in [0.1, 0.15) is 17.4 Å². The van der Waals surface area contributed by atoms with Crippen molar-refractivity contribution in [3.05, 3.63) is 108 Å². The Kier molecular flexibility index (Phi) is 4.87. The molecule has 1 N–H and O–H groups in total. The molecule has 3 heterocycles. The summed E-state index contributed by atoms with van der Waals surface area (Å²) in [6, 6.07) is 16.2. The highest BCUT2D eigenvalue weighted by atomic mass is 16.5. The fourth-order valence-electron chi connectivity index (χ4n) is 3.49. The van der Waals surface area contributed by atoms with Crippen LogP contribution in [0.1, 0.15) is 22.7 Å². The second-order valence-corrected chi connectivity index (χ2v) is 6.42. The van der Waals surface area contributed by atoms with Gasteiger partial charge in [-0.2, -0.15) is 5.10 Å². The summed E-state index contributed by atoms with van der Waals surface area (Å²) in [5.74, 6) is 0.703. The number of hydrogen-bond donors (Lipinski definition) is 1. The number of ether oxygens (including phenoxy) is 1. The smallest absolute Gasteiger partial charge is 0.144 e. The molecule has 0 aliphatic rings. The predicted octanol–water partition coefficient (Wildman–Crippen LogP) is 3.21. The van der Waals surface area contributed by atoms with Crippen molar-refractivity contribution in [1.82, 2.24) is 19.7 Å². The first-order chi connectivity index (χ1) is 13.7. The Bertz CT molecular complexity index is 981. The van der Waals surface area contributed by atoms with E-state index in [-0.39, 0.29) is 0 Å². The van der Waals surface area contributed by atoms with Crippen LogP contribution in [-0.2, 0) is 5.60 Å². The van der Waals surface area contributed by atoms with Gasteiger partial charge in [0.05, 0.1) is 7.11 Å². The lowest BCUT2D eigenvalue weighted by Crippen LogP contribution is -2.39. The van der Waals surface area contributed by atoms with Gasteiger partial charge < -0.3 is 9.84 Å². The summed E-state index contributed by atoms with van der Waals surface area (Å²) in [4.78, 5) is 8.47. The topological polar surface area (TPSA) is 73.1 Å². The van der Waals surface area contributed by atoms with E-state index in [0.29, 0.717) is 16.9 Å². The summed E-state index contributed by atoms with van der Waals surface area (Å²) >= 11 is 0. The highest BCUT2D eigenvalue weighted by Gasteiger charge is 2.43. The number of rotatable bonds is 6. The third-order valence-electron chi connectivity index (χ3n) is 4.80. The fraction of sp³-hybridized carbons (Fsp3) is 0.136. The average molecular weight is 372 g/mol. The zero-order valence-corrected chi connectivity index (χ0v) is 15.4. The van der Waals surface area contributed by atoms with Crippen LogP contribution in [0.5, 0.6) is 5.75 Å². The molecule has 140 valence electrons. The van der Waals surface area contributed by atoms with Gasteiger partial charge in [-0.1, -0.05) is 24.3 Å². The van der Waals surface area contributed by atoms with Crippen LogP contribution in [0.25, 0.3) is 0 Å². The molecule has 28 heavy (non-hydrogen) atoms. The Morgan fingerprint density at radius 2 is 1.64 bits per heavy atom. The van der Waals surface area contributed by atoms with Gasteiger partial charge in [0.2, 0.25) is 0 Å². The zero-order chi connectivity index (χ0) is 19.4. The van der Waals surface area contributed by atoms with Crippen LogP contribution in [0.3, 0.4) is 0 Å². The van der Waals surface area contributed by atoms with E-state index >= 15 is 0 Å². The van der Waals surface area contributed by atoms with E-state index < -0.39 is 11.6 Å². The van der Waals surface area contributed by atoms with Crippen molar-refractivity contribution in [2.24, 2.45) is 0 Å². The number of nitrogens with zero attached hydrogens (tertiary/aromatic N) is 4. The van der Waals surface area contributed by atoms with Crippen molar-refractivity contribution >= 4 is 0 Å². The average Bonchev–Trinajstić information content (AvgIpc) is 3.29. The van der Waals surface area contributed by atoms with E-state index in [9.17, 15) is 5.11 Å². The first-order valence-electron chi connectivity index (χ1n) is 8.90. The maximum Gasteiger partial charge on any atom is 0.144 e. The summed E-state index contributed by atoms with van der Waals surface area (Å²) in [7, 11) is 1.62. The maximum absolute atomic E-state index is 12.2. The van der Waals surface area contributed by atoms with E-state index in [1.165, 1.54) is 0 Å². The molecule has 4 rings (SSSR count). The van der Waals surface area contributed by atoms with Gasteiger partial charge in [-0.05, 0) is 35.9 Å². The van der Waals surface area contributed by atoms with Crippen molar-refractivity contribution in [3.63, 3.8) is 0 Å². The van der Waals surface area contributed by atoms with Crippen LogP contribution < -0.4 is 4.74 Å². The number of methoxy groups -OCH3 is 1. The molecule has 1 unspecified atom stereocenters. The molecule has 0 fully saturated rings. The Balaban J connectivity index is 2.00. The third-order valence-corrected chi connectivity index (χ3v) is 4.80. The van der Waals surface area contributed by atoms with Gasteiger partial charge in [0.25, 0.3) is 0 Å². The molecule has 0 radical (unpaired) electrons. The normalized spacial score (nSPS) is 12.5. The van der Waals surface area contributed by atoms with Crippen LogP contribution in [0.15, 0.2) is 91.8 Å². The number of aromatic nitrogens is 4. The third kappa shape index (κ3) is 3.14. The number of pyridine rings is 2. The second-order valence-electron chi connectivity index (χ2n) is 6.42. The molecule has 1 aromatic carbocycles. The van der Waals surface area contributed by atoms with Crippen LogP contribution >= 0.6 is 0 Å². The standard InChI is InChI=1S/C22H20N4O2/c1-28-20-9-2-6-17(14-20)21(26-13-5-12-25-26)22(27,18-7-3-10-23-15-18)19-8-4-11-24-16-19/h2-16,21,27H,1H3. The number of benzene rings is 1. The van der Waals surface area contributed by atoms with Crippen LogP contribution in [0.2, 0.25) is 0 Å². The number of aliphatic hydroxyl groups is 1. The summed E-state index contributed by atoms with van der Waals surface area (Å²) in [6.45, 7) is 0.